The molecule has 1 aliphatic heterocycles. The normalized spacial score (nSPS) is 15.8. The van der Waals surface area contributed by atoms with Crippen LogP contribution >= 0.6 is 11.8 Å². The molecule has 0 unspecified atom stereocenters. The van der Waals surface area contributed by atoms with E-state index in [1.807, 2.05) is 4.57 Å². The van der Waals surface area contributed by atoms with Gasteiger partial charge < -0.3 is 0 Å². The van der Waals surface area contributed by atoms with Gasteiger partial charge in [-0.25, -0.2) is 4.39 Å². The Balaban J connectivity index is 1.33. The molecule has 1 aliphatic carbocycles. The van der Waals surface area contributed by atoms with E-state index in [4.69, 9.17) is 0 Å². The summed E-state index contributed by atoms with van der Waals surface area (Å²) in [6.07, 6.45) is 2.01. The second kappa shape index (κ2) is 7.11. The lowest BCUT2D eigenvalue weighted by atomic mass is 10.1. The molecular formula is C21H17FN4O2S. The molecule has 6 nitrogen and oxygen atoms in total. The molecule has 3 aromatic rings. The number of carbonyl (C=O) groups is 2. The highest BCUT2D eigenvalue weighted by atomic mass is 32.2. The van der Waals surface area contributed by atoms with Gasteiger partial charge in [0.25, 0.3) is 11.8 Å². The van der Waals surface area contributed by atoms with E-state index in [0.29, 0.717) is 33.4 Å². The van der Waals surface area contributed by atoms with E-state index in [-0.39, 0.29) is 30.2 Å². The highest BCUT2D eigenvalue weighted by Crippen LogP contribution is 2.41. The fourth-order valence-corrected chi connectivity index (χ4v) is 4.46. The Morgan fingerprint density at radius 1 is 0.931 bits per heavy atom. The quantitative estimate of drug-likeness (QED) is 0.458. The first-order valence-electron chi connectivity index (χ1n) is 9.43. The van der Waals surface area contributed by atoms with E-state index in [9.17, 15) is 14.0 Å². The number of benzene rings is 2. The molecule has 0 N–H and O–H groups in total. The van der Waals surface area contributed by atoms with E-state index in [0.717, 1.165) is 12.8 Å². The van der Waals surface area contributed by atoms with E-state index >= 15 is 0 Å². The van der Waals surface area contributed by atoms with Crippen LogP contribution in [0, 0.1) is 5.82 Å². The molecule has 146 valence electrons. The minimum Gasteiger partial charge on any atom is -0.299 e. The van der Waals surface area contributed by atoms with E-state index in [1.54, 1.807) is 42.5 Å². The maximum Gasteiger partial charge on any atom is 0.261 e. The topological polar surface area (TPSA) is 68.1 Å². The summed E-state index contributed by atoms with van der Waals surface area (Å²) in [5, 5.41) is 9.17. The first-order valence-corrected chi connectivity index (χ1v) is 10.4. The number of imide groups is 1. The Hall–Kier alpha value is -3.00. The average Bonchev–Trinajstić information content (AvgIpc) is 3.45. The number of thioether (sulfide) groups is 1. The van der Waals surface area contributed by atoms with Crippen molar-refractivity contribution in [3.63, 3.8) is 0 Å². The Kier molecular flexibility index (Phi) is 4.43. The zero-order valence-electron chi connectivity index (χ0n) is 15.4. The van der Waals surface area contributed by atoms with Crippen LogP contribution < -0.4 is 0 Å². The zero-order chi connectivity index (χ0) is 20.0. The second-order valence-corrected chi connectivity index (χ2v) is 8.11. The van der Waals surface area contributed by atoms with E-state index in [1.165, 1.54) is 22.7 Å². The molecule has 5 rings (SSSR count). The summed E-state index contributed by atoms with van der Waals surface area (Å²) in [6, 6.07) is 13.7. The van der Waals surface area contributed by atoms with Crippen molar-refractivity contribution in [1.29, 1.82) is 0 Å². The molecule has 2 amide bonds. The molecular weight excluding hydrogens is 391 g/mol. The third-order valence-corrected chi connectivity index (χ3v) is 6.04. The van der Waals surface area contributed by atoms with Gasteiger partial charge in [-0.05, 0) is 37.1 Å². The van der Waals surface area contributed by atoms with Crippen LogP contribution in [-0.2, 0) is 0 Å². The highest BCUT2D eigenvalue weighted by molar-refractivity contribution is 7.99. The molecule has 2 heterocycles. The average molecular weight is 408 g/mol. The van der Waals surface area contributed by atoms with Gasteiger partial charge in [0.05, 0.1) is 16.7 Å². The third kappa shape index (κ3) is 3.13. The van der Waals surface area contributed by atoms with Crippen LogP contribution in [0.3, 0.4) is 0 Å². The summed E-state index contributed by atoms with van der Waals surface area (Å²) >= 11 is 1.43. The van der Waals surface area contributed by atoms with Crippen molar-refractivity contribution in [2.75, 3.05) is 12.3 Å². The molecule has 0 spiro atoms. The maximum absolute atomic E-state index is 14.3. The van der Waals surface area contributed by atoms with Crippen molar-refractivity contribution in [3.8, 4) is 11.4 Å². The summed E-state index contributed by atoms with van der Waals surface area (Å²) in [5.74, 6) is 0.162. The number of hydrogen-bond donors (Lipinski definition) is 0. The van der Waals surface area contributed by atoms with Crippen LogP contribution in [0.1, 0.15) is 39.6 Å². The monoisotopic (exact) mass is 408 g/mol. The van der Waals surface area contributed by atoms with Crippen molar-refractivity contribution in [2.45, 2.75) is 24.0 Å². The number of carbonyl (C=O) groups excluding carboxylic acids is 2. The van der Waals surface area contributed by atoms with Crippen molar-refractivity contribution >= 4 is 23.6 Å². The number of hydrogen-bond acceptors (Lipinski definition) is 5. The lowest BCUT2D eigenvalue weighted by Gasteiger charge is -2.14. The van der Waals surface area contributed by atoms with Crippen LogP contribution in [0.25, 0.3) is 11.4 Å². The fourth-order valence-electron chi connectivity index (χ4n) is 3.53. The highest BCUT2D eigenvalue weighted by Gasteiger charge is 2.35. The Bertz CT molecular complexity index is 1090. The smallest absolute Gasteiger partial charge is 0.261 e. The summed E-state index contributed by atoms with van der Waals surface area (Å²) < 4.78 is 16.2. The molecule has 0 radical (unpaired) electrons. The predicted molar refractivity (Wildman–Crippen MR) is 106 cm³/mol. The van der Waals surface area contributed by atoms with Crippen molar-refractivity contribution in [3.05, 3.63) is 65.5 Å². The van der Waals surface area contributed by atoms with Gasteiger partial charge in [-0.15, -0.1) is 10.2 Å². The first kappa shape index (κ1) is 18.1. The largest absolute Gasteiger partial charge is 0.299 e. The van der Waals surface area contributed by atoms with Gasteiger partial charge in [-0.3, -0.25) is 19.1 Å². The number of halogens is 1. The minimum atomic E-state index is -0.329. The molecule has 1 fully saturated rings. The molecule has 1 aromatic heterocycles. The van der Waals surface area contributed by atoms with Crippen molar-refractivity contribution < 1.29 is 14.0 Å². The van der Waals surface area contributed by atoms with Crippen molar-refractivity contribution in [2.24, 2.45) is 0 Å². The Morgan fingerprint density at radius 3 is 2.17 bits per heavy atom. The van der Waals surface area contributed by atoms with Crippen LogP contribution in [-0.4, -0.2) is 43.8 Å². The summed E-state index contributed by atoms with van der Waals surface area (Å²) in [5.41, 5.74) is 1.33. The standard InChI is InChI=1S/C21H17FN4O2S/c22-17-8-4-3-7-16(17)18-23-24-21(26(18)13-9-10-13)29-12-11-25-19(27)14-5-1-2-6-15(14)20(25)28/h1-8,13H,9-12H2. The van der Waals surface area contributed by atoms with Gasteiger partial charge in [0.2, 0.25) is 0 Å². The number of rotatable bonds is 6. The lowest BCUT2D eigenvalue weighted by molar-refractivity contribution is 0.0664. The van der Waals surface area contributed by atoms with Gasteiger partial charge in [-0.1, -0.05) is 36.0 Å². The van der Waals surface area contributed by atoms with Gasteiger partial charge >= 0.3 is 0 Å². The van der Waals surface area contributed by atoms with Crippen LogP contribution in [0.4, 0.5) is 4.39 Å². The minimum absolute atomic E-state index is 0.262. The lowest BCUT2D eigenvalue weighted by Crippen LogP contribution is -2.31. The number of aromatic nitrogens is 3. The van der Waals surface area contributed by atoms with Gasteiger partial charge in [0, 0.05) is 18.3 Å². The third-order valence-electron chi connectivity index (χ3n) is 5.12. The second-order valence-electron chi connectivity index (χ2n) is 7.04. The molecule has 0 atom stereocenters. The number of nitrogens with zero attached hydrogens (tertiary/aromatic N) is 4. The van der Waals surface area contributed by atoms with E-state index in [2.05, 4.69) is 10.2 Å². The van der Waals surface area contributed by atoms with Gasteiger partial charge in [-0.2, -0.15) is 0 Å². The maximum atomic E-state index is 14.3. The zero-order valence-corrected chi connectivity index (χ0v) is 16.2. The number of amides is 2. The molecule has 8 heteroatoms. The predicted octanol–water partition coefficient (Wildman–Crippen LogP) is 3.81. The van der Waals surface area contributed by atoms with Crippen molar-refractivity contribution in [1.82, 2.24) is 19.7 Å². The van der Waals surface area contributed by atoms with Crippen LogP contribution in [0.2, 0.25) is 0 Å². The molecule has 2 aromatic carbocycles. The SMILES string of the molecule is O=C1c2ccccc2C(=O)N1CCSc1nnc(-c2ccccc2F)n1C1CC1. The van der Waals surface area contributed by atoms with Gasteiger partial charge in [0.1, 0.15) is 5.82 Å². The molecule has 0 saturated heterocycles. The Labute approximate surface area is 170 Å². The molecule has 2 aliphatic rings. The summed E-state index contributed by atoms with van der Waals surface area (Å²) in [7, 11) is 0. The van der Waals surface area contributed by atoms with Crippen LogP contribution in [0.15, 0.2) is 53.7 Å². The molecule has 1 saturated carbocycles. The number of fused-ring (bicyclic) bond motifs is 1. The fraction of sp³-hybridized carbons (Fsp3) is 0.238. The van der Waals surface area contributed by atoms with E-state index < -0.39 is 0 Å². The van der Waals surface area contributed by atoms with Crippen LogP contribution in [0.5, 0.6) is 0 Å². The summed E-state index contributed by atoms with van der Waals surface area (Å²) in [6.45, 7) is 0.281. The molecule has 29 heavy (non-hydrogen) atoms. The van der Waals surface area contributed by atoms with Gasteiger partial charge in [0.15, 0.2) is 11.0 Å². The Morgan fingerprint density at radius 2 is 1.55 bits per heavy atom. The molecule has 0 bridgehead atoms. The first-order chi connectivity index (χ1) is 14.1. The summed E-state index contributed by atoms with van der Waals surface area (Å²) in [4.78, 5) is 26.2.